The Labute approximate surface area is 169 Å². The molecule has 2 heterocycles. The van der Waals surface area contributed by atoms with E-state index in [9.17, 15) is 4.79 Å². The fraction of sp³-hybridized carbons (Fsp3) is 0.273. The summed E-state index contributed by atoms with van der Waals surface area (Å²) in [6, 6.07) is 11.9. The fourth-order valence-electron chi connectivity index (χ4n) is 2.74. The van der Waals surface area contributed by atoms with Gasteiger partial charge in [0.05, 0.1) is 22.5 Å². The van der Waals surface area contributed by atoms with Crippen molar-refractivity contribution in [1.82, 2.24) is 15.3 Å². The monoisotopic (exact) mass is 390 g/mol. The number of nitrogens with one attached hydrogen (secondary N) is 1. The van der Waals surface area contributed by atoms with E-state index in [2.05, 4.69) is 55.3 Å². The molecule has 0 radical (unpaired) electrons. The van der Waals surface area contributed by atoms with Gasteiger partial charge in [0.1, 0.15) is 11.1 Å². The Morgan fingerprint density at radius 2 is 1.96 bits per heavy atom. The minimum absolute atomic E-state index is 0.231. The number of rotatable bonds is 5. The molecule has 0 fully saturated rings. The topological polar surface area (TPSA) is 78.7 Å². The van der Waals surface area contributed by atoms with Crippen molar-refractivity contribution in [3.63, 3.8) is 0 Å². The number of carbonyl (C=O) groups is 1. The molecule has 0 spiro atoms. The largest absolute Gasteiger partial charge is 0.351 e. The lowest BCUT2D eigenvalue weighted by atomic mass is 9.94. The molecule has 0 unspecified atom stereocenters. The normalized spacial score (nSPS) is 11.1. The zero-order valence-corrected chi connectivity index (χ0v) is 17.2. The van der Waals surface area contributed by atoms with Crippen LogP contribution in [0.15, 0.2) is 41.9 Å². The molecule has 0 atom stereocenters. The summed E-state index contributed by atoms with van der Waals surface area (Å²) < 4.78 is 0. The molecule has 5 nitrogen and oxygen atoms in total. The second-order valence-corrected chi connectivity index (χ2v) is 8.30. The Hall–Kier alpha value is -3.04. The van der Waals surface area contributed by atoms with E-state index in [0.717, 1.165) is 16.3 Å². The molecular formula is C22H22N4OS. The van der Waals surface area contributed by atoms with Gasteiger partial charge in [-0.2, -0.15) is 5.26 Å². The third kappa shape index (κ3) is 4.26. The Balaban J connectivity index is 1.73. The highest BCUT2D eigenvalue weighted by Crippen LogP contribution is 2.30. The summed E-state index contributed by atoms with van der Waals surface area (Å²) in [5, 5.41) is 15.0. The van der Waals surface area contributed by atoms with E-state index in [1.54, 1.807) is 24.3 Å². The van der Waals surface area contributed by atoms with Crippen molar-refractivity contribution in [3.05, 3.63) is 69.3 Å². The maximum atomic E-state index is 12.6. The molecule has 0 saturated heterocycles. The number of nitrogens with zero attached hydrogens (tertiary/aromatic N) is 3. The average Bonchev–Trinajstić information content (AvgIpc) is 3.18. The van der Waals surface area contributed by atoms with Crippen LogP contribution in [0.25, 0.3) is 11.3 Å². The standard InChI is InChI=1S/C22H22N4OS/c1-14-5-7-17(8-6-14)19-12-28-21(26-19)22(3,4)13-25-20(27)18-9-16(10-23)11-24-15(18)2/h5-9,11-12H,13H2,1-4H3,(H,25,27). The molecule has 1 amide bonds. The molecule has 0 aliphatic carbocycles. The molecule has 0 saturated carbocycles. The third-order valence-electron chi connectivity index (χ3n) is 4.58. The molecule has 0 aliphatic rings. The van der Waals surface area contributed by atoms with Gasteiger partial charge in [-0.05, 0) is 19.9 Å². The molecule has 28 heavy (non-hydrogen) atoms. The highest BCUT2D eigenvalue weighted by molar-refractivity contribution is 7.10. The first-order valence-corrected chi connectivity index (χ1v) is 9.86. The van der Waals surface area contributed by atoms with Crippen molar-refractivity contribution in [2.45, 2.75) is 33.1 Å². The Kier molecular flexibility index (Phi) is 5.57. The van der Waals surface area contributed by atoms with Crippen LogP contribution in [0.3, 0.4) is 0 Å². The molecule has 3 rings (SSSR count). The van der Waals surface area contributed by atoms with Crippen LogP contribution in [0, 0.1) is 25.2 Å². The molecule has 142 valence electrons. The Morgan fingerprint density at radius 1 is 1.25 bits per heavy atom. The van der Waals surface area contributed by atoms with Gasteiger partial charge in [-0.1, -0.05) is 43.7 Å². The molecular weight excluding hydrogens is 368 g/mol. The lowest BCUT2D eigenvalue weighted by Gasteiger charge is -2.22. The third-order valence-corrected chi connectivity index (χ3v) is 5.79. The summed E-state index contributed by atoms with van der Waals surface area (Å²) in [7, 11) is 0. The summed E-state index contributed by atoms with van der Waals surface area (Å²) in [5.74, 6) is -0.231. The van der Waals surface area contributed by atoms with E-state index in [0.29, 0.717) is 23.4 Å². The van der Waals surface area contributed by atoms with E-state index >= 15 is 0 Å². The summed E-state index contributed by atoms with van der Waals surface area (Å²) in [6.45, 7) is 8.37. The number of carbonyl (C=O) groups excluding carboxylic acids is 1. The van der Waals surface area contributed by atoms with Gasteiger partial charge in [0.25, 0.3) is 5.91 Å². The number of amides is 1. The van der Waals surface area contributed by atoms with Gasteiger partial charge in [-0.3, -0.25) is 9.78 Å². The van der Waals surface area contributed by atoms with Crippen LogP contribution in [0.2, 0.25) is 0 Å². The second kappa shape index (κ2) is 7.91. The summed E-state index contributed by atoms with van der Waals surface area (Å²) in [4.78, 5) is 21.5. The van der Waals surface area contributed by atoms with Gasteiger partial charge in [0, 0.05) is 29.1 Å². The van der Waals surface area contributed by atoms with E-state index in [1.165, 1.54) is 11.8 Å². The van der Waals surface area contributed by atoms with Crippen LogP contribution < -0.4 is 5.32 Å². The maximum absolute atomic E-state index is 12.6. The SMILES string of the molecule is Cc1ccc(-c2csc(C(C)(C)CNC(=O)c3cc(C#N)cnc3C)n2)cc1. The molecule has 0 aliphatic heterocycles. The van der Waals surface area contributed by atoms with Crippen molar-refractivity contribution in [2.75, 3.05) is 6.54 Å². The summed E-state index contributed by atoms with van der Waals surface area (Å²) in [5.41, 5.74) is 4.33. The van der Waals surface area contributed by atoms with Gasteiger partial charge in [0.15, 0.2) is 0 Å². The van der Waals surface area contributed by atoms with Gasteiger partial charge in [-0.25, -0.2) is 4.98 Å². The number of nitriles is 1. The zero-order chi connectivity index (χ0) is 20.3. The van der Waals surface area contributed by atoms with Crippen LogP contribution in [0.1, 0.15) is 46.0 Å². The highest BCUT2D eigenvalue weighted by atomic mass is 32.1. The van der Waals surface area contributed by atoms with Crippen LogP contribution in [0.4, 0.5) is 0 Å². The lowest BCUT2D eigenvalue weighted by Crippen LogP contribution is -2.37. The number of aromatic nitrogens is 2. The van der Waals surface area contributed by atoms with Crippen LogP contribution in [-0.2, 0) is 5.41 Å². The summed E-state index contributed by atoms with van der Waals surface area (Å²) >= 11 is 1.59. The lowest BCUT2D eigenvalue weighted by molar-refractivity contribution is 0.0944. The maximum Gasteiger partial charge on any atom is 0.253 e. The first-order chi connectivity index (χ1) is 13.3. The number of hydrogen-bond donors (Lipinski definition) is 1. The summed E-state index contributed by atoms with van der Waals surface area (Å²) in [6.07, 6.45) is 1.47. The van der Waals surface area contributed by atoms with Crippen molar-refractivity contribution in [2.24, 2.45) is 0 Å². The van der Waals surface area contributed by atoms with E-state index in [-0.39, 0.29) is 11.3 Å². The first-order valence-electron chi connectivity index (χ1n) is 8.98. The number of hydrogen-bond acceptors (Lipinski definition) is 5. The van der Waals surface area contributed by atoms with E-state index in [1.807, 2.05) is 11.4 Å². The highest BCUT2D eigenvalue weighted by Gasteiger charge is 2.26. The van der Waals surface area contributed by atoms with Crippen molar-refractivity contribution < 1.29 is 4.79 Å². The predicted octanol–water partition coefficient (Wildman–Crippen LogP) is 4.40. The van der Waals surface area contributed by atoms with E-state index in [4.69, 9.17) is 10.2 Å². The number of benzene rings is 1. The molecule has 1 aromatic carbocycles. The van der Waals surface area contributed by atoms with Crippen molar-refractivity contribution >= 4 is 17.2 Å². The predicted molar refractivity (Wildman–Crippen MR) is 111 cm³/mol. The average molecular weight is 391 g/mol. The fourth-order valence-corrected chi connectivity index (χ4v) is 3.69. The van der Waals surface area contributed by atoms with Crippen molar-refractivity contribution in [1.29, 1.82) is 5.26 Å². The molecule has 1 N–H and O–H groups in total. The van der Waals surface area contributed by atoms with E-state index < -0.39 is 0 Å². The van der Waals surface area contributed by atoms with Crippen LogP contribution >= 0.6 is 11.3 Å². The minimum atomic E-state index is -0.322. The quantitative estimate of drug-likeness (QED) is 0.700. The number of aryl methyl sites for hydroxylation is 2. The van der Waals surface area contributed by atoms with Gasteiger partial charge in [0.2, 0.25) is 0 Å². The second-order valence-electron chi connectivity index (χ2n) is 7.44. The number of thiazole rings is 1. The number of pyridine rings is 1. The van der Waals surface area contributed by atoms with Gasteiger partial charge < -0.3 is 5.32 Å². The zero-order valence-electron chi connectivity index (χ0n) is 16.4. The smallest absolute Gasteiger partial charge is 0.253 e. The van der Waals surface area contributed by atoms with Gasteiger partial charge in [-0.15, -0.1) is 11.3 Å². The minimum Gasteiger partial charge on any atom is -0.351 e. The molecule has 6 heteroatoms. The van der Waals surface area contributed by atoms with Crippen LogP contribution in [0.5, 0.6) is 0 Å². The molecule has 2 aromatic heterocycles. The van der Waals surface area contributed by atoms with Crippen molar-refractivity contribution in [3.8, 4) is 17.3 Å². The first kappa shape index (κ1) is 19.7. The molecule has 3 aromatic rings. The Morgan fingerprint density at radius 3 is 2.64 bits per heavy atom. The van der Waals surface area contributed by atoms with Gasteiger partial charge >= 0.3 is 0 Å². The van der Waals surface area contributed by atoms with Crippen LogP contribution in [-0.4, -0.2) is 22.4 Å². The molecule has 0 bridgehead atoms. The Bertz CT molecular complexity index is 1050.